The van der Waals surface area contributed by atoms with Gasteiger partial charge in [0, 0.05) is 12.8 Å². The van der Waals surface area contributed by atoms with Crippen molar-refractivity contribution in [3.8, 4) is 0 Å². The molecular formula is C14H19FN2O2. The molecule has 5 heteroatoms. The predicted molar refractivity (Wildman–Crippen MR) is 70.7 cm³/mol. The first-order valence-electron chi connectivity index (χ1n) is 6.21. The molecule has 19 heavy (non-hydrogen) atoms. The Kier molecular flexibility index (Phi) is 5.48. The highest BCUT2D eigenvalue weighted by atomic mass is 19.1. The van der Waals surface area contributed by atoms with Gasteiger partial charge >= 0.3 is 0 Å². The molecule has 0 radical (unpaired) electrons. The van der Waals surface area contributed by atoms with Gasteiger partial charge in [-0.3, -0.25) is 9.59 Å². The molecule has 104 valence electrons. The van der Waals surface area contributed by atoms with Gasteiger partial charge in [0.15, 0.2) is 0 Å². The molecule has 0 spiro atoms. The maximum absolute atomic E-state index is 12.8. The molecule has 0 fully saturated rings. The molecule has 1 atom stereocenters. The van der Waals surface area contributed by atoms with Crippen LogP contribution in [-0.4, -0.2) is 17.9 Å². The van der Waals surface area contributed by atoms with E-state index in [0.29, 0.717) is 6.42 Å². The van der Waals surface area contributed by atoms with Crippen LogP contribution in [0.3, 0.4) is 0 Å². The van der Waals surface area contributed by atoms with Crippen LogP contribution in [0.1, 0.15) is 25.8 Å². The van der Waals surface area contributed by atoms with Gasteiger partial charge in [-0.25, -0.2) is 4.39 Å². The van der Waals surface area contributed by atoms with Crippen molar-refractivity contribution < 1.29 is 14.0 Å². The van der Waals surface area contributed by atoms with Crippen LogP contribution in [0.25, 0.3) is 0 Å². The van der Waals surface area contributed by atoms with Gasteiger partial charge in [-0.1, -0.05) is 26.0 Å². The number of halogens is 1. The fraction of sp³-hybridized carbons (Fsp3) is 0.429. The zero-order chi connectivity index (χ0) is 14.4. The van der Waals surface area contributed by atoms with E-state index in [0.717, 1.165) is 5.56 Å². The number of primary amides is 1. The van der Waals surface area contributed by atoms with E-state index in [-0.39, 0.29) is 24.1 Å². The number of hydrogen-bond acceptors (Lipinski definition) is 2. The molecule has 3 N–H and O–H groups in total. The largest absolute Gasteiger partial charge is 0.368 e. The van der Waals surface area contributed by atoms with Crippen molar-refractivity contribution in [2.45, 2.75) is 32.7 Å². The highest BCUT2D eigenvalue weighted by Gasteiger charge is 2.18. The van der Waals surface area contributed by atoms with Crippen LogP contribution in [0.15, 0.2) is 24.3 Å². The summed E-state index contributed by atoms with van der Waals surface area (Å²) in [5, 5.41) is 2.60. The van der Waals surface area contributed by atoms with E-state index in [1.165, 1.54) is 12.1 Å². The molecule has 0 aromatic heterocycles. The van der Waals surface area contributed by atoms with Crippen molar-refractivity contribution in [3.05, 3.63) is 35.6 Å². The molecule has 0 aliphatic rings. The normalized spacial score (nSPS) is 12.2. The highest BCUT2D eigenvalue weighted by molar-refractivity contribution is 5.86. The maximum Gasteiger partial charge on any atom is 0.240 e. The Morgan fingerprint density at radius 1 is 1.26 bits per heavy atom. The molecule has 0 saturated heterocycles. The van der Waals surface area contributed by atoms with Gasteiger partial charge < -0.3 is 11.1 Å². The highest BCUT2D eigenvalue weighted by Crippen LogP contribution is 2.07. The fourth-order valence-electron chi connectivity index (χ4n) is 1.70. The molecule has 2 amide bonds. The van der Waals surface area contributed by atoms with E-state index in [1.807, 2.05) is 13.8 Å². The lowest BCUT2D eigenvalue weighted by molar-refractivity contribution is -0.127. The topological polar surface area (TPSA) is 72.2 Å². The molecule has 4 nitrogen and oxygen atoms in total. The van der Waals surface area contributed by atoms with Crippen molar-refractivity contribution in [2.24, 2.45) is 11.7 Å². The average molecular weight is 266 g/mol. The first-order valence-corrected chi connectivity index (χ1v) is 6.21. The maximum atomic E-state index is 12.8. The Morgan fingerprint density at radius 2 is 1.84 bits per heavy atom. The second kappa shape index (κ2) is 6.87. The SMILES string of the molecule is CC(C)CC(=O)N[C@@H](Cc1ccc(F)cc1)C(N)=O. The number of carbonyl (C=O) groups excluding carboxylic acids is 2. The summed E-state index contributed by atoms with van der Waals surface area (Å²) in [6.07, 6.45) is 0.604. The number of benzene rings is 1. The molecule has 0 aliphatic carbocycles. The Morgan fingerprint density at radius 3 is 2.32 bits per heavy atom. The first-order chi connectivity index (χ1) is 8.88. The molecule has 0 bridgehead atoms. The molecule has 0 unspecified atom stereocenters. The monoisotopic (exact) mass is 266 g/mol. The van der Waals surface area contributed by atoms with Crippen LogP contribution in [-0.2, 0) is 16.0 Å². The number of hydrogen-bond donors (Lipinski definition) is 2. The minimum absolute atomic E-state index is 0.207. The summed E-state index contributed by atoms with van der Waals surface area (Å²) in [5.74, 6) is -0.940. The number of amides is 2. The van der Waals surface area contributed by atoms with E-state index in [9.17, 15) is 14.0 Å². The third kappa shape index (κ3) is 5.50. The number of nitrogens with two attached hydrogens (primary N) is 1. The molecular weight excluding hydrogens is 247 g/mol. The lowest BCUT2D eigenvalue weighted by Gasteiger charge is -2.16. The Hall–Kier alpha value is -1.91. The summed E-state index contributed by atoms with van der Waals surface area (Å²) in [6.45, 7) is 3.83. The molecule has 1 rings (SSSR count). The van der Waals surface area contributed by atoms with E-state index in [4.69, 9.17) is 5.73 Å². The minimum atomic E-state index is -0.767. The lowest BCUT2D eigenvalue weighted by atomic mass is 10.0. The molecule has 0 heterocycles. The van der Waals surface area contributed by atoms with Gasteiger partial charge in [-0.2, -0.15) is 0 Å². The van der Waals surface area contributed by atoms with Gasteiger partial charge in [0.1, 0.15) is 11.9 Å². The number of rotatable bonds is 6. The van der Waals surface area contributed by atoms with Gasteiger partial charge in [0.25, 0.3) is 0 Å². The van der Waals surface area contributed by atoms with Crippen molar-refractivity contribution in [2.75, 3.05) is 0 Å². The summed E-state index contributed by atoms with van der Waals surface area (Å²) in [4.78, 5) is 23.0. The lowest BCUT2D eigenvalue weighted by Crippen LogP contribution is -2.46. The van der Waals surface area contributed by atoms with Crippen LogP contribution < -0.4 is 11.1 Å². The molecule has 0 saturated carbocycles. The minimum Gasteiger partial charge on any atom is -0.368 e. The van der Waals surface area contributed by atoms with Crippen LogP contribution in [0, 0.1) is 11.7 Å². The second-order valence-electron chi connectivity index (χ2n) is 4.95. The Balaban J connectivity index is 2.65. The van der Waals surface area contributed by atoms with Crippen molar-refractivity contribution in [3.63, 3.8) is 0 Å². The van der Waals surface area contributed by atoms with Crippen LogP contribution in [0.2, 0.25) is 0 Å². The van der Waals surface area contributed by atoms with E-state index < -0.39 is 11.9 Å². The van der Waals surface area contributed by atoms with Gasteiger partial charge in [0.05, 0.1) is 0 Å². The van der Waals surface area contributed by atoms with E-state index in [2.05, 4.69) is 5.32 Å². The zero-order valence-corrected chi connectivity index (χ0v) is 11.2. The summed E-state index contributed by atoms with van der Waals surface area (Å²) in [6, 6.07) is 4.99. The van der Waals surface area contributed by atoms with Crippen molar-refractivity contribution in [1.29, 1.82) is 0 Å². The third-order valence-electron chi connectivity index (χ3n) is 2.63. The van der Waals surface area contributed by atoms with E-state index in [1.54, 1.807) is 12.1 Å². The quantitative estimate of drug-likeness (QED) is 0.816. The van der Waals surface area contributed by atoms with E-state index >= 15 is 0 Å². The molecule has 1 aromatic carbocycles. The Bertz CT molecular complexity index is 443. The van der Waals surface area contributed by atoms with Crippen LogP contribution in [0.5, 0.6) is 0 Å². The third-order valence-corrected chi connectivity index (χ3v) is 2.63. The van der Waals surface area contributed by atoms with Gasteiger partial charge in [-0.05, 0) is 23.6 Å². The van der Waals surface area contributed by atoms with Gasteiger partial charge in [-0.15, -0.1) is 0 Å². The summed E-state index contributed by atoms with van der Waals surface area (Å²) in [7, 11) is 0. The second-order valence-corrected chi connectivity index (χ2v) is 4.95. The number of carbonyl (C=O) groups is 2. The van der Waals surface area contributed by atoms with Crippen molar-refractivity contribution >= 4 is 11.8 Å². The fourth-order valence-corrected chi connectivity index (χ4v) is 1.70. The standard InChI is InChI=1S/C14H19FN2O2/c1-9(2)7-13(18)17-12(14(16)19)8-10-3-5-11(15)6-4-10/h3-6,9,12H,7-8H2,1-2H3,(H2,16,19)(H,17,18)/t12-/m0/s1. The first kappa shape index (κ1) is 15.1. The summed E-state index contributed by atoms with van der Waals surface area (Å²) >= 11 is 0. The summed E-state index contributed by atoms with van der Waals surface area (Å²) < 4.78 is 12.8. The molecule has 0 aliphatic heterocycles. The molecule has 1 aromatic rings. The predicted octanol–water partition coefficient (Wildman–Crippen LogP) is 1.38. The van der Waals surface area contributed by atoms with Crippen LogP contribution >= 0.6 is 0 Å². The smallest absolute Gasteiger partial charge is 0.240 e. The average Bonchev–Trinajstić information content (AvgIpc) is 2.29. The zero-order valence-electron chi connectivity index (χ0n) is 11.2. The number of nitrogens with one attached hydrogen (secondary N) is 1. The Labute approximate surface area is 112 Å². The summed E-state index contributed by atoms with van der Waals surface area (Å²) in [5.41, 5.74) is 6.01. The van der Waals surface area contributed by atoms with Crippen molar-refractivity contribution in [1.82, 2.24) is 5.32 Å². The van der Waals surface area contributed by atoms with Crippen LogP contribution in [0.4, 0.5) is 4.39 Å². The van der Waals surface area contributed by atoms with Gasteiger partial charge in [0.2, 0.25) is 11.8 Å².